The second-order valence-corrected chi connectivity index (χ2v) is 11.1. The van der Waals surface area contributed by atoms with E-state index < -0.39 is 0 Å². The van der Waals surface area contributed by atoms with Crippen LogP contribution in [0.25, 0.3) is 17.3 Å². The molecular formula is C22H20Br2N2OS2. The van der Waals surface area contributed by atoms with Crippen LogP contribution in [0.2, 0.25) is 0 Å². The number of thiazole rings is 1. The topological polar surface area (TPSA) is 33.2 Å². The van der Waals surface area contributed by atoms with Gasteiger partial charge < -0.3 is 4.90 Å². The fourth-order valence-electron chi connectivity index (χ4n) is 3.49. The van der Waals surface area contributed by atoms with Gasteiger partial charge in [0.1, 0.15) is 0 Å². The number of carbonyl (C=O) groups is 1. The Kier molecular flexibility index (Phi) is 6.69. The molecule has 0 bridgehead atoms. The Bertz CT molecular complexity index is 1030. The standard InChI is InChI=1S/C22H20Br2N2OS2/c1-14-21(15-2-4-17(23)5-3-15)25-22(29-14)16-8-10-26(11-9-16)20(27)7-6-19-12-18(24)13-28-19/h2-7,12-13,16H,8-11H2,1H3/b7-6+. The molecule has 1 fully saturated rings. The second kappa shape index (κ2) is 9.25. The van der Waals surface area contributed by atoms with Gasteiger partial charge in [0.2, 0.25) is 5.91 Å². The van der Waals surface area contributed by atoms with Crippen molar-refractivity contribution in [2.45, 2.75) is 25.7 Å². The number of nitrogens with zero attached hydrogens (tertiary/aromatic N) is 2. The molecule has 2 aromatic heterocycles. The summed E-state index contributed by atoms with van der Waals surface area (Å²) in [4.78, 5) is 21.8. The molecule has 4 rings (SSSR count). The van der Waals surface area contributed by atoms with Gasteiger partial charge in [-0.1, -0.05) is 28.1 Å². The van der Waals surface area contributed by atoms with E-state index >= 15 is 0 Å². The lowest BCUT2D eigenvalue weighted by Crippen LogP contribution is -2.36. The van der Waals surface area contributed by atoms with Crippen LogP contribution in [0.5, 0.6) is 0 Å². The zero-order valence-corrected chi connectivity index (χ0v) is 20.7. The Labute approximate surface area is 195 Å². The van der Waals surface area contributed by atoms with E-state index in [-0.39, 0.29) is 5.91 Å². The van der Waals surface area contributed by atoms with Crippen molar-refractivity contribution in [3.63, 3.8) is 0 Å². The number of piperidine rings is 1. The molecule has 1 aliphatic rings. The third kappa shape index (κ3) is 5.08. The first-order chi connectivity index (χ1) is 14.0. The minimum absolute atomic E-state index is 0.0962. The number of aromatic nitrogens is 1. The summed E-state index contributed by atoms with van der Waals surface area (Å²) >= 11 is 10.4. The van der Waals surface area contributed by atoms with Crippen molar-refractivity contribution in [2.24, 2.45) is 0 Å². The van der Waals surface area contributed by atoms with Crippen LogP contribution in [0.1, 0.15) is 33.5 Å². The highest BCUT2D eigenvalue weighted by atomic mass is 79.9. The van der Waals surface area contributed by atoms with Crippen molar-refractivity contribution >= 4 is 66.5 Å². The molecule has 0 aliphatic carbocycles. The fourth-order valence-corrected chi connectivity index (χ4v) is 6.20. The van der Waals surface area contributed by atoms with E-state index in [1.807, 2.05) is 22.4 Å². The normalized spacial score (nSPS) is 15.3. The summed E-state index contributed by atoms with van der Waals surface area (Å²) < 4.78 is 2.13. The number of rotatable bonds is 4. The van der Waals surface area contributed by atoms with Crippen molar-refractivity contribution in [1.82, 2.24) is 9.88 Å². The number of amides is 1. The lowest BCUT2D eigenvalue weighted by molar-refractivity contribution is -0.126. The number of hydrogen-bond donors (Lipinski definition) is 0. The Hall–Kier alpha value is -1.28. The van der Waals surface area contributed by atoms with Crippen LogP contribution in [0, 0.1) is 6.92 Å². The first-order valence-electron chi connectivity index (χ1n) is 9.44. The average molecular weight is 552 g/mol. The van der Waals surface area contributed by atoms with Crippen molar-refractivity contribution < 1.29 is 4.79 Å². The third-order valence-electron chi connectivity index (χ3n) is 5.06. The molecule has 150 valence electrons. The monoisotopic (exact) mass is 550 g/mol. The summed E-state index contributed by atoms with van der Waals surface area (Å²) in [6, 6.07) is 10.3. The van der Waals surface area contributed by atoms with Gasteiger partial charge in [0.05, 0.1) is 10.7 Å². The quantitative estimate of drug-likeness (QED) is 0.323. The van der Waals surface area contributed by atoms with Gasteiger partial charge in [0.15, 0.2) is 0 Å². The van der Waals surface area contributed by atoms with Crippen LogP contribution >= 0.6 is 54.5 Å². The second-order valence-electron chi connectivity index (χ2n) is 7.06. The summed E-state index contributed by atoms with van der Waals surface area (Å²) in [7, 11) is 0. The van der Waals surface area contributed by atoms with Gasteiger partial charge in [0.25, 0.3) is 0 Å². The van der Waals surface area contributed by atoms with E-state index in [1.54, 1.807) is 28.7 Å². The Morgan fingerprint density at radius 2 is 1.90 bits per heavy atom. The van der Waals surface area contributed by atoms with Crippen molar-refractivity contribution in [1.29, 1.82) is 0 Å². The molecule has 1 amide bonds. The predicted molar refractivity (Wildman–Crippen MR) is 130 cm³/mol. The summed E-state index contributed by atoms with van der Waals surface area (Å²) in [5.41, 5.74) is 2.24. The molecule has 3 aromatic rings. The molecule has 0 N–H and O–H groups in total. The van der Waals surface area contributed by atoms with Crippen LogP contribution in [0.15, 0.2) is 50.7 Å². The third-order valence-corrected chi connectivity index (χ3v) is 8.39. The highest BCUT2D eigenvalue weighted by molar-refractivity contribution is 9.10. The van der Waals surface area contributed by atoms with E-state index in [0.29, 0.717) is 5.92 Å². The lowest BCUT2D eigenvalue weighted by Gasteiger charge is -2.30. The van der Waals surface area contributed by atoms with E-state index in [4.69, 9.17) is 4.98 Å². The molecule has 3 nitrogen and oxygen atoms in total. The van der Waals surface area contributed by atoms with E-state index in [1.165, 1.54) is 9.88 Å². The van der Waals surface area contributed by atoms with Crippen molar-refractivity contribution in [2.75, 3.05) is 13.1 Å². The van der Waals surface area contributed by atoms with Crippen LogP contribution < -0.4 is 0 Å². The maximum atomic E-state index is 12.5. The first-order valence-corrected chi connectivity index (χ1v) is 12.7. The largest absolute Gasteiger partial charge is 0.339 e. The predicted octanol–water partition coefficient (Wildman–Crippen LogP) is 7.12. The number of benzene rings is 1. The average Bonchev–Trinajstić information content (AvgIpc) is 3.32. The SMILES string of the molecule is Cc1sc(C2CCN(C(=O)/C=C/c3cc(Br)cs3)CC2)nc1-c1ccc(Br)cc1. The number of hydrogen-bond acceptors (Lipinski definition) is 4. The first kappa shape index (κ1) is 21.0. The maximum Gasteiger partial charge on any atom is 0.246 e. The minimum Gasteiger partial charge on any atom is -0.339 e. The summed E-state index contributed by atoms with van der Waals surface area (Å²) in [6.45, 7) is 3.72. The zero-order chi connectivity index (χ0) is 20.4. The van der Waals surface area contributed by atoms with Gasteiger partial charge in [0, 0.05) is 54.7 Å². The maximum absolute atomic E-state index is 12.5. The van der Waals surface area contributed by atoms with Gasteiger partial charge in [-0.3, -0.25) is 4.79 Å². The summed E-state index contributed by atoms with van der Waals surface area (Å²) in [5, 5.41) is 3.22. The zero-order valence-electron chi connectivity index (χ0n) is 15.9. The molecule has 0 spiro atoms. The Morgan fingerprint density at radius 1 is 1.17 bits per heavy atom. The van der Waals surface area contributed by atoms with Crippen LogP contribution in [0.4, 0.5) is 0 Å². The lowest BCUT2D eigenvalue weighted by atomic mass is 9.97. The molecule has 3 heterocycles. The minimum atomic E-state index is 0.0962. The number of carbonyl (C=O) groups excluding carboxylic acids is 1. The molecule has 0 unspecified atom stereocenters. The molecule has 29 heavy (non-hydrogen) atoms. The molecule has 1 aliphatic heterocycles. The molecule has 0 radical (unpaired) electrons. The molecule has 0 atom stereocenters. The van der Waals surface area contributed by atoms with Gasteiger partial charge in [-0.05, 0) is 60.0 Å². The van der Waals surface area contributed by atoms with Gasteiger partial charge >= 0.3 is 0 Å². The molecular weight excluding hydrogens is 532 g/mol. The van der Waals surface area contributed by atoms with E-state index in [9.17, 15) is 4.79 Å². The highest BCUT2D eigenvalue weighted by Gasteiger charge is 2.25. The van der Waals surface area contributed by atoms with Gasteiger partial charge in [-0.2, -0.15) is 0 Å². The number of thiophene rings is 1. The number of halogens is 2. The molecule has 7 heteroatoms. The fraction of sp³-hybridized carbons (Fsp3) is 0.273. The molecule has 1 aromatic carbocycles. The van der Waals surface area contributed by atoms with E-state index in [2.05, 4.69) is 63.0 Å². The highest BCUT2D eigenvalue weighted by Crippen LogP contribution is 2.36. The van der Waals surface area contributed by atoms with Crippen molar-refractivity contribution in [3.05, 3.63) is 65.5 Å². The number of aryl methyl sites for hydroxylation is 1. The summed E-state index contributed by atoms with van der Waals surface area (Å²) in [5.74, 6) is 0.531. The molecule has 1 saturated heterocycles. The number of likely N-dealkylation sites (tertiary alicyclic amines) is 1. The van der Waals surface area contributed by atoms with Gasteiger partial charge in [-0.15, -0.1) is 22.7 Å². The van der Waals surface area contributed by atoms with Crippen LogP contribution in [-0.2, 0) is 4.79 Å². The Balaban J connectivity index is 1.38. The molecule has 0 saturated carbocycles. The Morgan fingerprint density at radius 3 is 2.55 bits per heavy atom. The van der Waals surface area contributed by atoms with Crippen LogP contribution in [0.3, 0.4) is 0 Å². The smallest absolute Gasteiger partial charge is 0.246 e. The van der Waals surface area contributed by atoms with Crippen molar-refractivity contribution in [3.8, 4) is 11.3 Å². The van der Waals surface area contributed by atoms with E-state index in [0.717, 1.165) is 51.0 Å². The van der Waals surface area contributed by atoms with Gasteiger partial charge in [-0.25, -0.2) is 4.98 Å². The summed E-state index contributed by atoms with van der Waals surface area (Å²) in [6.07, 6.45) is 5.53. The van der Waals surface area contributed by atoms with Crippen LogP contribution in [-0.4, -0.2) is 28.9 Å².